The number of hydrogen-bond donors (Lipinski definition) is 2. The molecule has 0 amide bonds. The molecule has 37 heavy (non-hydrogen) atoms. The normalized spacial score (nSPS) is 22.8. The van der Waals surface area contributed by atoms with Crippen molar-refractivity contribution < 1.29 is 28.5 Å². The second-order valence-corrected chi connectivity index (χ2v) is 10.0. The van der Waals surface area contributed by atoms with Gasteiger partial charge in [0.1, 0.15) is 23.8 Å². The van der Waals surface area contributed by atoms with Gasteiger partial charge in [0.25, 0.3) is 0 Å². The number of fused-ring (bicyclic) bond motifs is 1. The molecular formula is C28H36FN3O5. The van der Waals surface area contributed by atoms with E-state index in [-0.39, 0.29) is 6.10 Å². The second kappa shape index (κ2) is 12.3. The van der Waals surface area contributed by atoms with Crippen LogP contribution in [0.2, 0.25) is 0 Å². The Labute approximate surface area is 217 Å². The number of aromatic nitrogens is 1. The van der Waals surface area contributed by atoms with Crippen molar-refractivity contribution in [1.29, 1.82) is 0 Å². The minimum Gasteiger partial charge on any atom is -0.480 e. The fourth-order valence-corrected chi connectivity index (χ4v) is 5.52. The molecule has 2 aromatic rings. The van der Waals surface area contributed by atoms with E-state index in [4.69, 9.17) is 19.2 Å². The average Bonchev–Trinajstić information content (AvgIpc) is 3.37. The van der Waals surface area contributed by atoms with E-state index in [0.29, 0.717) is 50.6 Å². The lowest BCUT2D eigenvalue weighted by Gasteiger charge is -2.30. The van der Waals surface area contributed by atoms with E-state index in [1.54, 1.807) is 6.07 Å². The summed E-state index contributed by atoms with van der Waals surface area (Å²) >= 11 is 0. The zero-order valence-electron chi connectivity index (χ0n) is 21.2. The van der Waals surface area contributed by atoms with Gasteiger partial charge in [-0.1, -0.05) is 12.1 Å². The molecule has 3 aliphatic heterocycles. The van der Waals surface area contributed by atoms with Crippen LogP contribution in [0.15, 0.2) is 30.3 Å². The van der Waals surface area contributed by atoms with Crippen molar-refractivity contribution in [3.63, 3.8) is 0 Å². The zero-order valence-corrected chi connectivity index (χ0v) is 21.2. The van der Waals surface area contributed by atoms with Crippen LogP contribution < -0.4 is 5.32 Å². The van der Waals surface area contributed by atoms with Gasteiger partial charge in [-0.15, -0.1) is 0 Å². The lowest BCUT2D eigenvalue weighted by atomic mass is 9.95. The summed E-state index contributed by atoms with van der Waals surface area (Å²) in [5, 5.41) is 13.5. The molecule has 0 aliphatic carbocycles. The number of ether oxygens (including phenoxy) is 3. The van der Waals surface area contributed by atoms with Crippen LogP contribution in [0.1, 0.15) is 60.2 Å². The van der Waals surface area contributed by atoms with Crippen LogP contribution in [0.3, 0.4) is 0 Å². The quantitative estimate of drug-likeness (QED) is 0.462. The predicted octanol–water partition coefficient (Wildman–Crippen LogP) is 3.91. The number of hydrogen-bond acceptors (Lipinski definition) is 7. The Bertz CT molecular complexity index is 1080. The lowest BCUT2D eigenvalue weighted by Crippen LogP contribution is -2.35. The van der Waals surface area contributed by atoms with E-state index in [1.165, 1.54) is 17.7 Å². The Balaban J connectivity index is 1.13. The molecule has 3 aliphatic rings. The van der Waals surface area contributed by atoms with Gasteiger partial charge < -0.3 is 24.6 Å². The number of benzene rings is 1. The van der Waals surface area contributed by atoms with E-state index in [2.05, 4.69) is 17.4 Å². The van der Waals surface area contributed by atoms with Crippen molar-refractivity contribution in [2.45, 2.75) is 56.8 Å². The number of nitrogens with zero attached hydrogens (tertiary/aromatic N) is 2. The largest absolute Gasteiger partial charge is 0.480 e. The number of unbranched alkanes of at least 4 members (excludes halogenated alkanes) is 1. The lowest BCUT2D eigenvalue weighted by molar-refractivity contribution is -0.143. The first-order chi connectivity index (χ1) is 18.1. The Morgan fingerprint density at radius 3 is 3.03 bits per heavy atom. The Morgan fingerprint density at radius 1 is 1.27 bits per heavy atom. The van der Waals surface area contributed by atoms with Crippen LogP contribution in [-0.4, -0.2) is 73.1 Å². The fraction of sp³-hybridized carbons (Fsp3) is 0.571. The smallest absolute Gasteiger partial charge is 0.325 e. The van der Waals surface area contributed by atoms with Gasteiger partial charge in [0.2, 0.25) is 0 Å². The monoisotopic (exact) mass is 513 g/mol. The molecule has 5 rings (SSSR count). The average molecular weight is 514 g/mol. The van der Waals surface area contributed by atoms with Gasteiger partial charge in [-0.2, -0.15) is 0 Å². The molecule has 0 radical (unpaired) electrons. The first-order valence-electron chi connectivity index (χ1n) is 13.4. The molecule has 1 aromatic carbocycles. The third-order valence-corrected chi connectivity index (χ3v) is 7.41. The molecule has 2 fully saturated rings. The Hall–Kier alpha value is -2.59. The molecule has 0 bridgehead atoms. The van der Waals surface area contributed by atoms with Crippen LogP contribution in [0.5, 0.6) is 0 Å². The molecular weight excluding hydrogens is 477 g/mol. The molecule has 0 saturated carbocycles. The molecule has 2 N–H and O–H groups in total. The number of anilines is 1. The van der Waals surface area contributed by atoms with Crippen molar-refractivity contribution in [3.05, 3.63) is 58.5 Å². The van der Waals surface area contributed by atoms with E-state index < -0.39 is 23.9 Å². The summed E-state index contributed by atoms with van der Waals surface area (Å²) in [5.74, 6) is -0.433. The number of nitrogens with one attached hydrogen (secondary N) is 1. The third kappa shape index (κ3) is 6.46. The zero-order chi connectivity index (χ0) is 25.6. The maximum atomic E-state index is 14.2. The molecule has 2 unspecified atom stereocenters. The minimum absolute atomic E-state index is 0.0424. The number of likely N-dealkylation sites (tertiary alicyclic amines) is 1. The summed E-state index contributed by atoms with van der Waals surface area (Å²) in [6.45, 7) is 3.94. The maximum absolute atomic E-state index is 14.2. The summed E-state index contributed by atoms with van der Waals surface area (Å²) in [7, 11) is 0. The van der Waals surface area contributed by atoms with Crippen LogP contribution in [0, 0.1) is 5.82 Å². The van der Waals surface area contributed by atoms with Crippen molar-refractivity contribution in [2.24, 2.45) is 0 Å². The Morgan fingerprint density at radius 2 is 2.19 bits per heavy atom. The van der Waals surface area contributed by atoms with Crippen LogP contribution in [0.25, 0.3) is 0 Å². The first-order valence-corrected chi connectivity index (χ1v) is 13.4. The number of carbonyl (C=O) groups is 1. The molecule has 0 spiro atoms. The van der Waals surface area contributed by atoms with Gasteiger partial charge in [0, 0.05) is 31.9 Å². The summed E-state index contributed by atoms with van der Waals surface area (Å²) < 4.78 is 31.7. The summed E-state index contributed by atoms with van der Waals surface area (Å²) in [6, 6.07) is 7.64. The van der Waals surface area contributed by atoms with Gasteiger partial charge in [-0.3, -0.25) is 9.69 Å². The highest BCUT2D eigenvalue weighted by molar-refractivity contribution is 5.76. The highest BCUT2D eigenvalue weighted by Gasteiger charge is 2.37. The number of rotatable bonds is 10. The first kappa shape index (κ1) is 26.0. The van der Waals surface area contributed by atoms with Gasteiger partial charge >= 0.3 is 5.97 Å². The molecule has 4 heterocycles. The number of carboxylic acids is 1. The Kier molecular flexibility index (Phi) is 8.66. The van der Waals surface area contributed by atoms with Gasteiger partial charge in [-0.25, -0.2) is 9.37 Å². The molecule has 8 nitrogen and oxygen atoms in total. The van der Waals surface area contributed by atoms with E-state index in [9.17, 15) is 14.3 Å². The number of halogens is 1. The molecule has 200 valence electrons. The molecule has 3 atom stereocenters. The standard InChI is InChI=1S/C28H36FN3O5/c29-20-7-9-23(25-18-35-14-15-37-25)24(16-20)26(28(33)34)32-12-10-22(17-32)36-13-2-1-5-21-8-6-19-4-3-11-30-27(19)31-21/h6-9,16,22,25-26H,1-5,10-15,17-18H2,(H,30,31)(H,33,34)/t22-,25?,26?/m1/s1. The SMILES string of the molecule is O=C(O)C(c1cc(F)ccc1C1COCCO1)N1CC[C@@H](OCCCCc2ccc3c(n2)NCCC3)C1. The minimum atomic E-state index is -1.00. The van der Waals surface area contributed by atoms with Gasteiger partial charge in [0.15, 0.2) is 0 Å². The number of pyridine rings is 1. The van der Waals surface area contributed by atoms with E-state index in [1.807, 2.05) is 4.90 Å². The summed E-state index contributed by atoms with van der Waals surface area (Å²) in [4.78, 5) is 19.0. The van der Waals surface area contributed by atoms with Gasteiger partial charge in [-0.05, 0) is 73.4 Å². The van der Waals surface area contributed by atoms with Crippen LogP contribution >= 0.6 is 0 Å². The second-order valence-electron chi connectivity index (χ2n) is 10.0. The summed E-state index contributed by atoms with van der Waals surface area (Å²) in [6.07, 6.45) is 5.36. The van der Waals surface area contributed by atoms with Crippen molar-refractivity contribution in [2.75, 3.05) is 51.4 Å². The highest BCUT2D eigenvalue weighted by Crippen LogP contribution is 2.34. The number of aryl methyl sites for hydroxylation is 2. The van der Waals surface area contributed by atoms with Crippen molar-refractivity contribution in [1.82, 2.24) is 9.88 Å². The van der Waals surface area contributed by atoms with E-state index >= 15 is 0 Å². The fourth-order valence-electron chi connectivity index (χ4n) is 5.52. The number of aliphatic carboxylic acids is 1. The molecule has 1 aromatic heterocycles. The van der Waals surface area contributed by atoms with Crippen LogP contribution in [-0.2, 0) is 31.8 Å². The van der Waals surface area contributed by atoms with Crippen molar-refractivity contribution >= 4 is 11.8 Å². The molecule has 9 heteroatoms. The predicted molar refractivity (Wildman–Crippen MR) is 136 cm³/mol. The van der Waals surface area contributed by atoms with E-state index in [0.717, 1.165) is 56.6 Å². The summed E-state index contributed by atoms with van der Waals surface area (Å²) in [5.41, 5.74) is 3.50. The highest BCUT2D eigenvalue weighted by atomic mass is 19.1. The van der Waals surface area contributed by atoms with Crippen molar-refractivity contribution in [3.8, 4) is 0 Å². The van der Waals surface area contributed by atoms with Gasteiger partial charge in [0.05, 0.1) is 25.9 Å². The van der Waals surface area contributed by atoms with Crippen LogP contribution in [0.4, 0.5) is 10.2 Å². The third-order valence-electron chi connectivity index (χ3n) is 7.41. The number of carboxylic acid groups (broad SMARTS) is 1. The topological polar surface area (TPSA) is 93.2 Å². The molecule has 2 saturated heterocycles. The maximum Gasteiger partial charge on any atom is 0.325 e.